The highest BCUT2D eigenvalue weighted by atomic mass is 32.2. The number of nitrogens with zero attached hydrogens (tertiary/aromatic N) is 5. The second-order valence-electron chi connectivity index (χ2n) is 9.56. The van der Waals surface area contributed by atoms with Gasteiger partial charge in [0.1, 0.15) is 27.6 Å². The molecule has 3 heterocycles. The number of thiocarbonyl (C=S) groups is 1. The number of para-hydroxylation sites is 1. The molecule has 0 aliphatic carbocycles. The van der Waals surface area contributed by atoms with Crippen LogP contribution in [0.25, 0.3) is 6.08 Å². The van der Waals surface area contributed by atoms with Gasteiger partial charge in [-0.2, -0.15) is 5.26 Å². The van der Waals surface area contributed by atoms with Crippen LogP contribution in [0.5, 0.6) is 0 Å². The van der Waals surface area contributed by atoms with E-state index in [0.717, 1.165) is 18.2 Å². The summed E-state index contributed by atoms with van der Waals surface area (Å²) in [6, 6.07) is 8.66. The highest BCUT2D eigenvalue weighted by molar-refractivity contribution is 8.26. The number of hydrogen-bond donors (Lipinski definition) is 1. The summed E-state index contributed by atoms with van der Waals surface area (Å²) in [5.41, 5.74) is 1.18. The third-order valence-electron chi connectivity index (χ3n) is 7.05. The number of hydrogen-bond acceptors (Lipinski definition) is 8. The third-order valence-corrected chi connectivity index (χ3v) is 8.43. The van der Waals surface area contributed by atoms with Crippen LogP contribution in [0.2, 0.25) is 0 Å². The van der Waals surface area contributed by atoms with Gasteiger partial charge in [0.05, 0.1) is 17.0 Å². The maximum Gasteiger partial charge on any atom is 0.305 e. The number of thioether (sulfide) groups is 1. The summed E-state index contributed by atoms with van der Waals surface area (Å²) in [7, 11) is 0. The molecular weight excluding hydrogens is 553 g/mol. The first-order valence-corrected chi connectivity index (χ1v) is 14.3. The van der Waals surface area contributed by atoms with E-state index in [1.807, 2.05) is 17.9 Å². The van der Waals surface area contributed by atoms with Gasteiger partial charge in [0, 0.05) is 44.8 Å². The number of pyridine rings is 1. The number of halogens is 1. The molecule has 2 aliphatic heterocycles. The molecule has 4 rings (SSSR count). The van der Waals surface area contributed by atoms with Crippen molar-refractivity contribution in [3.8, 4) is 6.07 Å². The molecule has 9 nitrogen and oxygen atoms in total. The van der Waals surface area contributed by atoms with Crippen molar-refractivity contribution in [1.82, 2.24) is 9.47 Å². The van der Waals surface area contributed by atoms with Crippen LogP contribution in [0.1, 0.15) is 42.9 Å². The Kier molecular flexibility index (Phi) is 9.27. The number of piperazine rings is 1. The summed E-state index contributed by atoms with van der Waals surface area (Å²) in [6.45, 7) is 6.07. The standard InChI is InChI=1S/C28H30FN5O4S2/c1-3-4-10-33-25(32-14-12-31(13-15-32)22-8-6-5-7-21(22)29)19(18(2)20(17-30)26(33)37)16-23-27(38)34(28(39)40-23)11-9-24(35)36/h5-8,16H,3-4,9-15H2,1-2H3,(H,35,36). The van der Waals surface area contributed by atoms with Crippen LogP contribution >= 0.6 is 24.0 Å². The number of nitriles is 1. The van der Waals surface area contributed by atoms with Gasteiger partial charge in [-0.25, -0.2) is 4.39 Å². The first-order chi connectivity index (χ1) is 19.2. The number of aromatic nitrogens is 1. The maximum atomic E-state index is 14.5. The Balaban J connectivity index is 1.78. The van der Waals surface area contributed by atoms with Crippen molar-refractivity contribution < 1.29 is 19.1 Å². The minimum absolute atomic E-state index is 0.0115. The lowest BCUT2D eigenvalue weighted by Crippen LogP contribution is -2.49. The van der Waals surface area contributed by atoms with E-state index in [-0.39, 0.29) is 34.2 Å². The first kappa shape index (κ1) is 29.3. The summed E-state index contributed by atoms with van der Waals surface area (Å²) in [4.78, 5) is 43.4. The lowest BCUT2D eigenvalue weighted by atomic mass is 10.0. The number of carboxylic acids is 1. The van der Waals surface area contributed by atoms with E-state index >= 15 is 0 Å². The molecule has 2 aliphatic rings. The Morgan fingerprint density at radius 1 is 1.18 bits per heavy atom. The number of benzene rings is 1. The van der Waals surface area contributed by atoms with Crippen LogP contribution < -0.4 is 15.4 Å². The molecule has 1 aromatic carbocycles. The van der Waals surface area contributed by atoms with E-state index in [2.05, 4.69) is 4.90 Å². The Hall–Kier alpha value is -3.69. The van der Waals surface area contributed by atoms with E-state index < -0.39 is 11.9 Å². The van der Waals surface area contributed by atoms with Crippen LogP contribution in [0, 0.1) is 24.1 Å². The molecule has 0 bridgehead atoms. The number of aliphatic carboxylic acids is 1. The van der Waals surface area contributed by atoms with Gasteiger partial charge in [-0.05, 0) is 37.1 Å². The summed E-state index contributed by atoms with van der Waals surface area (Å²) in [6.07, 6.45) is 2.97. The quantitative estimate of drug-likeness (QED) is 0.346. The SMILES string of the molecule is CCCCn1c(N2CCN(c3ccccc3F)CC2)c(C=C2SC(=S)N(CCC(=O)O)C2=O)c(C)c(C#N)c1=O. The van der Waals surface area contributed by atoms with E-state index in [0.29, 0.717) is 66.7 Å². The van der Waals surface area contributed by atoms with E-state index in [4.69, 9.17) is 17.3 Å². The molecule has 1 aromatic heterocycles. The Morgan fingerprint density at radius 2 is 1.85 bits per heavy atom. The van der Waals surface area contributed by atoms with Crippen LogP contribution in [0.3, 0.4) is 0 Å². The average Bonchev–Trinajstić information content (AvgIpc) is 3.20. The monoisotopic (exact) mass is 583 g/mol. The molecule has 40 heavy (non-hydrogen) atoms. The molecule has 2 aromatic rings. The number of anilines is 2. The summed E-state index contributed by atoms with van der Waals surface area (Å²) < 4.78 is 16.3. The summed E-state index contributed by atoms with van der Waals surface area (Å²) >= 11 is 6.43. The number of carboxylic acid groups (broad SMARTS) is 1. The summed E-state index contributed by atoms with van der Waals surface area (Å²) in [5, 5.41) is 18.9. The fourth-order valence-electron chi connectivity index (χ4n) is 4.91. The van der Waals surface area contributed by atoms with E-state index in [1.54, 1.807) is 35.8 Å². The maximum absolute atomic E-state index is 14.5. The van der Waals surface area contributed by atoms with Gasteiger partial charge in [-0.3, -0.25) is 23.9 Å². The predicted octanol–water partition coefficient (Wildman–Crippen LogP) is 3.97. The topological polar surface area (TPSA) is 110 Å². The fraction of sp³-hybridized carbons (Fsp3) is 0.393. The number of carbonyl (C=O) groups is 2. The van der Waals surface area contributed by atoms with Gasteiger partial charge in [0.15, 0.2) is 0 Å². The van der Waals surface area contributed by atoms with Crippen LogP contribution in [0.15, 0.2) is 34.0 Å². The highest BCUT2D eigenvalue weighted by Crippen LogP contribution is 2.36. The van der Waals surface area contributed by atoms with Crippen LogP contribution in [-0.2, 0) is 16.1 Å². The smallest absolute Gasteiger partial charge is 0.305 e. The highest BCUT2D eigenvalue weighted by Gasteiger charge is 2.34. The number of rotatable bonds is 9. The average molecular weight is 584 g/mol. The second-order valence-corrected chi connectivity index (χ2v) is 11.2. The van der Waals surface area contributed by atoms with Crippen molar-refractivity contribution in [3.63, 3.8) is 0 Å². The van der Waals surface area contributed by atoms with Gasteiger partial charge in [-0.1, -0.05) is 49.5 Å². The zero-order chi connectivity index (χ0) is 29.0. The Morgan fingerprint density at radius 3 is 2.48 bits per heavy atom. The Bertz CT molecular complexity index is 1470. The molecule has 0 atom stereocenters. The molecule has 1 N–H and O–H groups in total. The Labute approximate surface area is 241 Å². The van der Waals surface area contributed by atoms with Crippen molar-refractivity contribution in [2.45, 2.75) is 39.7 Å². The molecule has 0 spiro atoms. The molecular formula is C28H30FN5O4S2. The fourth-order valence-corrected chi connectivity index (χ4v) is 6.20. The van der Waals surface area contributed by atoms with Crippen molar-refractivity contribution in [2.24, 2.45) is 0 Å². The first-order valence-electron chi connectivity index (χ1n) is 13.1. The van der Waals surface area contributed by atoms with Crippen molar-refractivity contribution >= 4 is 57.8 Å². The van der Waals surface area contributed by atoms with E-state index in [1.165, 1.54) is 11.0 Å². The molecule has 0 unspecified atom stereocenters. The summed E-state index contributed by atoms with van der Waals surface area (Å²) in [5.74, 6) is -1.13. The van der Waals surface area contributed by atoms with E-state index in [9.17, 15) is 24.0 Å². The van der Waals surface area contributed by atoms with Crippen LogP contribution in [-0.4, -0.2) is 63.5 Å². The third kappa shape index (κ3) is 5.90. The van der Waals surface area contributed by atoms with Gasteiger partial charge in [0.2, 0.25) is 0 Å². The van der Waals surface area contributed by atoms with Gasteiger partial charge >= 0.3 is 5.97 Å². The van der Waals surface area contributed by atoms with Gasteiger partial charge < -0.3 is 14.9 Å². The normalized spacial score (nSPS) is 16.6. The van der Waals surface area contributed by atoms with Crippen LogP contribution in [0.4, 0.5) is 15.9 Å². The second kappa shape index (κ2) is 12.7. The lowest BCUT2D eigenvalue weighted by Gasteiger charge is -2.39. The van der Waals surface area contributed by atoms with Gasteiger partial charge in [-0.15, -0.1) is 0 Å². The van der Waals surface area contributed by atoms with Crippen molar-refractivity contribution in [2.75, 3.05) is 42.5 Å². The minimum atomic E-state index is -1.03. The number of carbonyl (C=O) groups excluding carboxylic acids is 1. The molecule has 0 radical (unpaired) electrons. The van der Waals surface area contributed by atoms with Crippen molar-refractivity contribution in [3.05, 3.63) is 62.0 Å². The molecule has 12 heteroatoms. The number of unbranched alkanes of at least 4 members (excludes halogenated alkanes) is 1. The molecule has 2 fully saturated rings. The lowest BCUT2D eigenvalue weighted by molar-refractivity contribution is -0.137. The largest absolute Gasteiger partial charge is 0.481 e. The van der Waals surface area contributed by atoms with Gasteiger partial charge in [0.25, 0.3) is 11.5 Å². The number of amides is 1. The predicted molar refractivity (Wildman–Crippen MR) is 158 cm³/mol. The molecule has 1 amide bonds. The molecule has 2 saturated heterocycles. The van der Waals surface area contributed by atoms with Crippen molar-refractivity contribution in [1.29, 1.82) is 5.26 Å². The zero-order valence-electron chi connectivity index (χ0n) is 22.4. The molecule has 0 saturated carbocycles. The molecule has 210 valence electrons. The minimum Gasteiger partial charge on any atom is -0.481 e. The zero-order valence-corrected chi connectivity index (χ0v) is 24.0.